The number of aromatic amines is 1. The highest BCUT2D eigenvalue weighted by Crippen LogP contribution is 2.18. The van der Waals surface area contributed by atoms with Crippen LogP contribution in [0.3, 0.4) is 0 Å². The largest absolute Gasteiger partial charge is 0.317 e. The van der Waals surface area contributed by atoms with Gasteiger partial charge in [0.25, 0.3) is 5.56 Å². The summed E-state index contributed by atoms with van der Waals surface area (Å²) in [6.45, 7) is 1.90. The Kier molecular flexibility index (Phi) is 1.82. The molecule has 2 aromatic heterocycles. The first kappa shape index (κ1) is 9.42. The number of halogens is 1. The highest BCUT2D eigenvalue weighted by Gasteiger charge is 2.08. The van der Waals surface area contributed by atoms with Crippen LogP contribution in [0.5, 0.6) is 0 Å². The monoisotopic (exact) mass is 233 g/mol. The van der Waals surface area contributed by atoms with Crippen molar-refractivity contribution >= 4 is 28.3 Å². The van der Waals surface area contributed by atoms with Crippen LogP contribution in [0.15, 0.2) is 29.2 Å². The van der Waals surface area contributed by atoms with Crippen molar-refractivity contribution in [2.75, 3.05) is 0 Å². The second-order valence-corrected chi connectivity index (χ2v) is 4.11. The van der Waals surface area contributed by atoms with Gasteiger partial charge in [0, 0.05) is 16.9 Å². The molecule has 1 N–H and O–H groups in total. The Morgan fingerprint density at radius 1 is 1.44 bits per heavy atom. The second-order valence-electron chi connectivity index (χ2n) is 3.67. The lowest BCUT2D eigenvalue weighted by atomic mass is 10.3. The molecule has 3 rings (SSSR count). The third kappa shape index (κ3) is 1.17. The van der Waals surface area contributed by atoms with Crippen molar-refractivity contribution in [2.45, 2.75) is 6.92 Å². The van der Waals surface area contributed by atoms with E-state index in [0.717, 1.165) is 16.7 Å². The number of H-pyrrole nitrogens is 1. The first-order chi connectivity index (χ1) is 7.66. The molecule has 4 nitrogen and oxygen atoms in total. The van der Waals surface area contributed by atoms with Crippen LogP contribution in [0.1, 0.15) is 5.69 Å². The first-order valence-electron chi connectivity index (χ1n) is 4.82. The minimum Gasteiger partial charge on any atom is -0.317 e. The lowest BCUT2D eigenvalue weighted by molar-refractivity contribution is 1.12. The van der Waals surface area contributed by atoms with Crippen LogP contribution in [0.4, 0.5) is 0 Å². The summed E-state index contributed by atoms with van der Waals surface area (Å²) in [7, 11) is 0. The van der Waals surface area contributed by atoms with Gasteiger partial charge >= 0.3 is 0 Å². The molecule has 0 aliphatic carbocycles. The smallest absolute Gasteiger partial charge is 0.292 e. The SMILES string of the molecule is Cc1cnc2c(=O)[nH]c3ccc(Cl)cc3n12. The predicted molar refractivity (Wildman–Crippen MR) is 63.1 cm³/mol. The summed E-state index contributed by atoms with van der Waals surface area (Å²) in [5.41, 5.74) is 2.73. The highest BCUT2D eigenvalue weighted by atomic mass is 35.5. The fourth-order valence-electron chi connectivity index (χ4n) is 1.88. The quantitative estimate of drug-likeness (QED) is 0.647. The Labute approximate surface area is 95.5 Å². The number of imidazole rings is 1. The van der Waals surface area contributed by atoms with Gasteiger partial charge in [-0.05, 0) is 25.1 Å². The van der Waals surface area contributed by atoms with Gasteiger partial charge in [0.1, 0.15) is 0 Å². The molecule has 0 radical (unpaired) electrons. The number of hydrogen-bond acceptors (Lipinski definition) is 2. The number of hydrogen-bond donors (Lipinski definition) is 1. The van der Waals surface area contributed by atoms with Crippen molar-refractivity contribution in [1.82, 2.24) is 14.4 Å². The minimum absolute atomic E-state index is 0.192. The van der Waals surface area contributed by atoms with Crippen molar-refractivity contribution in [2.24, 2.45) is 0 Å². The van der Waals surface area contributed by atoms with Crippen molar-refractivity contribution in [1.29, 1.82) is 0 Å². The van der Waals surface area contributed by atoms with Gasteiger partial charge in [0.2, 0.25) is 5.65 Å². The lowest BCUT2D eigenvalue weighted by Gasteiger charge is -2.03. The fraction of sp³-hybridized carbons (Fsp3) is 0.0909. The molecule has 80 valence electrons. The molecule has 0 saturated heterocycles. The van der Waals surface area contributed by atoms with E-state index in [1.165, 1.54) is 0 Å². The highest BCUT2D eigenvalue weighted by molar-refractivity contribution is 6.31. The summed E-state index contributed by atoms with van der Waals surface area (Å²) in [6, 6.07) is 5.35. The Morgan fingerprint density at radius 2 is 2.25 bits per heavy atom. The predicted octanol–water partition coefficient (Wildman–Crippen LogP) is 2.14. The van der Waals surface area contributed by atoms with E-state index in [4.69, 9.17) is 11.6 Å². The van der Waals surface area contributed by atoms with Gasteiger partial charge in [0.15, 0.2) is 0 Å². The maximum absolute atomic E-state index is 11.7. The van der Waals surface area contributed by atoms with E-state index in [9.17, 15) is 4.79 Å². The van der Waals surface area contributed by atoms with Crippen molar-refractivity contribution in [3.63, 3.8) is 0 Å². The Balaban J connectivity index is 2.69. The van der Waals surface area contributed by atoms with E-state index in [2.05, 4.69) is 9.97 Å². The van der Waals surface area contributed by atoms with Gasteiger partial charge < -0.3 is 4.98 Å². The van der Waals surface area contributed by atoms with Crippen LogP contribution in [-0.2, 0) is 0 Å². The number of aryl methyl sites for hydroxylation is 1. The zero-order valence-corrected chi connectivity index (χ0v) is 9.25. The molecule has 2 heterocycles. The lowest BCUT2D eigenvalue weighted by Crippen LogP contribution is -2.11. The molecule has 3 aromatic rings. The molecular formula is C11H8ClN3O. The molecule has 16 heavy (non-hydrogen) atoms. The van der Waals surface area contributed by atoms with E-state index in [1.807, 2.05) is 13.0 Å². The van der Waals surface area contributed by atoms with E-state index in [0.29, 0.717) is 10.7 Å². The normalized spacial score (nSPS) is 11.4. The Hall–Kier alpha value is -1.81. The summed E-state index contributed by atoms with van der Waals surface area (Å²) < 4.78 is 1.81. The van der Waals surface area contributed by atoms with Crippen molar-refractivity contribution in [3.05, 3.63) is 45.5 Å². The van der Waals surface area contributed by atoms with Gasteiger partial charge in [-0.3, -0.25) is 9.20 Å². The van der Waals surface area contributed by atoms with E-state index in [-0.39, 0.29) is 5.56 Å². The number of nitrogens with zero attached hydrogens (tertiary/aromatic N) is 2. The topological polar surface area (TPSA) is 50.2 Å². The molecule has 0 bridgehead atoms. The summed E-state index contributed by atoms with van der Waals surface area (Å²) in [4.78, 5) is 18.6. The van der Waals surface area contributed by atoms with Crippen LogP contribution < -0.4 is 5.56 Å². The molecule has 5 heteroatoms. The summed E-state index contributed by atoms with van der Waals surface area (Å²) in [6.07, 6.45) is 1.67. The van der Waals surface area contributed by atoms with Crippen molar-refractivity contribution in [3.8, 4) is 0 Å². The van der Waals surface area contributed by atoms with Gasteiger partial charge in [0.05, 0.1) is 11.0 Å². The Morgan fingerprint density at radius 3 is 3.06 bits per heavy atom. The molecule has 0 aliphatic rings. The van der Waals surface area contributed by atoms with E-state index in [1.54, 1.807) is 22.7 Å². The molecule has 0 aliphatic heterocycles. The molecule has 0 amide bonds. The van der Waals surface area contributed by atoms with E-state index < -0.39 is 0 Å². The second kappa shape index (κ2) is 3.09. The average Bonchev–Trinajstić information content (AvgIpc) is 2.63. The third-order valence-electron chi connectivity index (χ3n) is 2.59. The molecule has 1 aromatic carbocycles. The number of rotatable bonds is 0. The van der Waals surface area contributed by atoms with Crippen LogP contribution in [0.2, 0.25) is 5.02 Å². The van der Waals surface area contributed by atoms with Crippen LogP contribution in [0.25, 0.3) is 16.7 Å². The van der Waals surface area contributed by atoms with Gasteiger partial charge in [-0.1, -0.05) is 11.6 Å². The Bertz CT molecular complexity index is 757. The third-order valence-corrected chi connectivity index (χ3v) is 2.83. The standard InChI is InChI=1S/C11H8ClN3O/c1-6-5-13-10-11(16)14-8-3-2-7(12)4-9(8)15(6)10/h2-5H,1H3,(H,14,16). The molecule has 0 fully saturated rings. The zero-order valence-electron chi connectivity index (χ0n) is 8.49. The van der Waals surface area contributed by atoms with Gasteiger partial charge in [-0.15, -0.1) is 0 Å². The summed E-state index contributed by atoms with van der Waals surface area (Å²) in [5.74, 6) is 0. The molecule has 0 spiro atoms. The maximum atomic E-state index is 11.7. The van der Waals surface area contributed by atoms with Gasteiger partial charge in [-0.25, -0.2) is 4.98 Å². The number of aromatic nitrogens is 3. The number of nitrogens with one attached hydrogen (secondary N) is 1. The van der Waals surface area contributed by atoms with Crippen LogP contribution >= 0.6 is 11.6 Å². The minimum atomic E-state index is -0.192. The van der Waals surface area contributed by atoms with Gasteiger partial charge in [-0.2, -0.15) is 0 Å². The van der Waals surface area contributed by atoms with E-state index >= 15 is 0 Å². The first-order valence-corrected chi connectivity index (χ1v) is 5.20. The van der Waals surface area contributed by atoms with Crippen molar-refractivity contribution < 1.29 is 0 Å². The molecule has 0 saturated carbocycles. The molecule has 0 atom stereocenters. The van der Waals surface area contributed by atoms with Crippen LogP contribution in [0, 0.1) is 6.92 Å². The zero-order chi connectivity index (χ0) is 11.3. The van der Waals surface area contributed by atoms with Crippen LogP contribution in [-0.4, -0.2) is 14.4 Å². The number of fused-ring (bicyclic) bond motifs is 3. The maximum Gasteiger partial charge on any atom is 0.292 e. The average molecular weight is 234 g/mol. The fourth-order valence-corrected chi connectivity index (χ4v) is 2.04. The summed E-state index contributed by atoms with van der Waals surface area (Å²) in [5, 5.41) is 0.633. The molecule has 0 unspecified atom stereocenters. The summed E-state index contributed by atoms with van der Waals surface area (Å²) >= 11 is 5.95. The molecular weight excluding hydrogens is 226 g/mol. The number of benzene rings is 1.